The summed E-state index contributed by atoms with van der Waals surface area (Å²) < 4.78 is 5.35. The number of rotatable bonds is 7. The topological polar surface area (TPSA) is 47.0 Å². The molecule has 0 aliphatic carbocycles. The summed E-state index contributed by atoms with van der Waals surface area (Å²) in [5, 5.41) is 3.31. The highest BCUT2D eigenvalue weighted by molar-refractivity contribution is 5.37. The largest absolute Gasteiger partial charge is 0.478 e. The Hall–Kier alpha value is -2.10. The predicted octanol–water partition coefficient (Wildman–Crippen LogP) is 3.48. The van der Waals surface area contributed by atoms with Gasteiger partial charge in [-0.3, -0.25) is 0 Å². The maximum absolute atomic E-state index is 5.35. The van der Waals surface area contributed by atoms with Gasteiger partial charge in [-0.2, -0.15) is 0 Å². The van der Waals surface area contributed by atoms with Gasteiger partial charge in [0, 0.05) is 12.6 Å². The summed E-state index contributed by atoms with van der Waals surface area (Å²) in [6, 6.07) is 12.4. The van der Waals surface area contributed by atoms with Gasteiger partial charge in [-0.25, -0.2) is 9.97 Å². The quantitative estimate of drug-likeness (QED) is 0.837. The molecule has 106 valence electrons. The number of hydrogen-bond donors (Lipinski definition) is 1. The molecule has 1 heterocycles. The molecule has 2 aromatic rings. The maximum Gasteiger partial charge on any atom is 0.218 e. The Bertz CT molecular complexity index is 516. The van der Waals surface area contributed by atoms with Crippen LogP contribution in [-0.2, 0) is 0 Å². The number of nitrogens with zero attached hydrogens (tertiary/aromatic N) is 2. The minimum Gasteiger partial charge on any atom is -0.478 e. The number of benzene rings is 1. The fourth-order valence-electron chi connectivity index (χ4n) is 2.03. The predicted molar refractivity (Wildman–Crippen MR) is 81.2 cm³/mol. The summed E-state index contributed by atoms with van der Waals surface area (Å²) in [4.78, 5) is 8.24. The van der Waals surface area contributed by atoms with Crippen LogP contribution in [0.1, 0.15) is 31.7 Å². The van der Waals surface area contributed by atoms with E-state index in [1.165, 1.54) is 11.9 Å². The first kappa shape index (κ1) is 14.3. The molecule has 1 aromatic heterocycles. The second kappa shape index (κ2) is 7.48. The molecule has 0 aliphatic heterocycles. The summed E-state index contributed by atoms with van der Waals surface area (Å²) >= 11 is 0. The first-order valence-electron chi connectivity index (χ1n) is 7.03. The molecule has 0 aliphatic rings. The molecule has 0 radical (unpaired) electrons. The third-order valence-corrected chi connectivity index (χ3v) is 3.19. The van der Waals surface area contributed by atoms with Crippen LogP contribution in [0.4, 0.5) is 5.82 Å². The Morgan fingerprint density at radius 3 is 2.75 bits per heavy atom. The summed E-state index contributed by atoms with van der Waals surface area (Å²) in [5.74, 6) is 1.95. The molecule has 0 bridgehead atoms. The van der Waals surface area contributed by atoms with Crippen molar-refractivity contribution >= 4 is 5.82 Å². The van der Waals surface area contributed by atoms with Crippen LogP contribution in [0.2, 0.25) is 0 Å². The van der Waals surface area contributed by atoms with Crippen LogP contribution in [-0.4, -0.2) is 23.1 Å². The fourth-order valence-corrected chi connectivity index (χ4v) is 2.03. The van der Waals surface area contributed by atoms with Crippen LogP contribution in [0.15, 0.2) is 42.7 Å². The number of aromatic nitrogens is 2. The first-order chi connectivity index (χ1) is 9.79. The van der Waals surface area contributed by atoms with Crippen molar-refractivity contribution in [2.24, 2.45) is 0 Å². The van der Waals surface area contributed by atoms with Gasteiger partial charge in [0.05, 0.1) is 6.61 Å². The maximum atomic E-state index is 5.35. The van der Waals surface area contributed by atoms with Crippen LogP contribution in [0, 0.1) is 0 Å². The molecule has 0 amide bonds. The Morgan fingerprint density at radius 1 is 1.20 bits per heavy atom. The average molecular weight is 271 g/mol. The fraction of sp³-hybridized carbons (Fsp3) is 0.375. The molecule has 20 heavy (non-hydrogen) atoms. The van der Waals surface area contributed by atoms with E-state index in [0.717, 1.165) is 18.8 Å². The first-order valence-corrected chi connectivity index (χ1v) is 7.03. The van der Waals surface area contributed by atoms with Gasteiger partial charge in [0.15, 0.2) is 0 Å². The van der Waals surface area contributed by atoms with Crippen molar-refractivity contribution in [3.8, 4) is 5.88 Å². The van der Waals surface area contributed by atoms with Crippen molar-refractivity contribution in [2.45, 2.75) is 26.2 Å². The molecular formula is C16H21N3O. The average Bonchev–Trinajstić information content (AvgIpc) is 2.49. The van der Waals surface area contributed by atoms with Crippen LogP contribution < -0.4 is 10.1 Å². The number of ether oxygens (including phenoxy) is 1. The summed E-state index contributed by atoms with van der Waals surface area (Å²) in [6.45, 7) is 5.67. The van der Waals surface area contributed by atoms with E-state index in [0.29, 0.717) is 18.4 Å². The van der Waals surface area contributed by atoms with E-state index < -0.39 is 0 Å². The van der Waals surface area contributed by atoms with E-state index in [1.54, 1.807) is 0 Å². The third kappa shape index (κ3) is 4.23. The lowest BCUT2D eigenvalue weighted by Gasteiger charge is -2.13. The minimum absolute atomic E-state index is 0.525. The molecule has 1 unspecified atom stereocenters. The van der Waals surface area contributed by atoms with Crippen molar-refractivity contribution < 1.29 is 4.74 Å². The van der Waals surface area contributed by atoms with Crippen molar-refractivity contribution in [1.29, 1.82) is 0 Å². The smallest absolute Gasteiger partial charge is 0.218 e. The minimum atomic E-state index is 0.525. The normalized spacial score (nSPS) is 11.9. The van der Waals surface area contributed by atoms with E-state index >= 15 is 0 Å². The highest BCUT2D eigenvalue weighted by Crippen LogP contribution is 2.18. The lowest BCUT2D eigenvalue weighted by atomic mass is 9.98. The van der Waals surface area contributed by atoms with E-state index in [4.69, 9.17) is 4.74 Å². The SMILES string of the molecule is CCOc1cc(NCCC(C)c2ccccc2)ncn1. The highest BCUT2D eigenvalue weighted by Gasteiger charge is 2.05. The van der Waals surface area contributed by atoms with Gasteiger partial charge in [-0.05, 0) is 24.8 Å². The zero-order chi connectivity index (χ0) is 14.2. The summed E-state index contributed by atoms with van der Waals surface area (Å²) in [7, 11) is 0. The van der Waals surface area contributed by atoms with Crippen molar-refractivity contribution in [2.75, 3.05) is 18.5 Å². The van der Waals surface area contributed by atoms with Crippen molar-refractivity contribution in [3.05, 3.63) is 48.3 Å². The molecule has 4 nitrogen and oxygen atoms in total. The molecule has 1 N–H and O–H groups in total. The summed E-state index contributed by atoms with van der Waals surface area (Å²) in [5.41, 5.74) is 1.37. The Balaban J connectivity index is 1.82. The van der Waals surface area contributed by atoms with Crippen LogP contribution in [0.3, 0.4) is 0 Å². The zero-order valence-electron chi connectivity index (χ0n) is 12.0. The number of hydrogen-bond acceptors (Lipinski definition) is 4. The van der Waals surface area contributed by atoms with E-state index in [9.17, 15) is 0 Å². The van der Waals surface area contributed by atoms with E-state index in [1.807, 2.05) is 19.1 Å². The van der Waals surface area contributed by atoms with Gasteiger partial charge in [-0.1, -0.05) is 37.3 Å². The molecule has 0 fully saturated rings. The standard InChI is InChI=1S/C16H21N3O/c1-3-20-16-11-15(18-12-19-16)17-10-9-13(2)14-7-5-4-6-8-14/h4-8,11-13H,3,9-10H2,1-2H3,(H,17,18,19). The third-order valence-electron chi connectivity index (χ3n) is 3.19. The molecule has 1 atom stereocenters. The molecule has 0 saturated heterocycles. The monoisotopic (exact) mass is 271 g/mol. The van der Waals surface area contributed by atoms with Crippen molar-refractivity contribution in [1.82, 2.24) is 9.97 Å². The lowest BCUT2D eigenvalue weighted by Crippen LogP contribution is -2.07. The Labute approximate surface area is 120 Å². The van der Waals surface area contributed by atoms with Crippen molar-refractivity contribution in [3.63, 3.8) is 0 Å². The van der Waals surface area contributed by atoms with Gasteiger partial charge >= 0.3 is 0 Å². The van der Waals surface area contributed by atoms with Gasteiger partial charge in [0.1, 0.15) is 12.1 Å². The lowest BCUT2D eigenvalue weighted by molar-refractivity contribution is 0.326. The summed E-state index contributed by atoms with van der Waals surface area (Å²) in [6.07, 6.45) is 2.58. The van der Waals surface area contributed by atoms with Gasteiger partial charge in [0.2, 0.25) is 5.88 Å². The molecule has 2 rings (SSSR count). The molecule has 4 heteroatoms. The molecule has 1 aromatic carbocycles. The van der Waals surface area contributed by atoms with Crippen LogP contribution >= 0.6 is 0 Å². The second-order valence-corrected chi connectivity index (χ2v) is 4.70. The number of nitrogens with one attached hydrogen (secondary N) is 1. The van der Waals surface area contributed by atoms with Gasteiger partial charge in [-0.15, -0.1) is 0 Å². The second-order valence-electron chi connectivity index (χ2n) is 4.70. The highest BCUT2D eigenvalue weighted by atomic mass is 16.5. The van der Waals surface area contributed by atoms with E-state index in [2.05, 4.69) is 46.5 Å². The molecule has 0 saturated carbocycles. The molecular weight excluding hydrogens is 250 g/mol. The molecule has 0 spiro atoms. The Kier molecular flexibility index (Phi) is 5.35. The van der Waals surface area contributed by atoms with Gasteiger partial charge < -0.3 is 10.1 Å². The van der Waals surface area contributed by atoms with Gasteiger partial charge in [0.25, 0.3) is 0 Å². The number of anilines is 1. The van der Waals surface area contributed by atoms with E-state index in [-0.39, 0.29) is 0 Å². The zero-order valence-corrected chi connectivity index (χ0v) is 12.0. The Morgan fingerprint density at radius 2 is 2.00 bits per heavy atom. The van der Waals surface area contributed by atoms with Crippen LogP contribution in [0.25, 0.3) is 0 Å². The van der Waals surface area contributed by atoms with Crippen LogP contribution in [0.5, 0.6) is 5.88 Å².